The number of hydrogen-bond acceptors (Lipinski definition) is 8. The zero-order valence-corrected chi connectivity index (χ0v) is 25.7. The fourth-order valence-electron chi connectivity index (χ4n) is 5.80. The summed E-state index contributed by atoms with van der Waals surface area (Å²) in [5.41, 5.74) is 5.47. The highest BCUT2D eigenvalue weighted by Crippen LogP contribution is 2.33. The lowest BCUT2D eigenvalue weighted by molar-refractivity contribution is -0.118. The molecule has 1 atom stereocenters. The van der Waals surface area contributed by atoms with Crippen molar-refractivity contribution in [1.82, 2.24) is 14.8 Å². The maximum absolute atomic E-state index is 12.7. The minimum Gasteiger partial charge on any atom is -0.511 e. The summed E-state index contributed by atoms with van der Waals surface area (Å²) in [4.78, 5) is 39.1. The number of aliphatic hydroxyl groups excluding tert-OH is 1. The van der Waals surface area contributed by atoms with Crippen molar-refractivity contribution >= 4 is 45.1 Å². The first kappa shape index (κ1) is 29.9. The molecule has 0 radical (unpaired) electrons. The predicted octanol–water partition coefficient (Wildman–Crippen LogP) is 5.86. The van der Waals surface area contributed by atoms with Crippen molar-refractivity contribution < 1.29 is 14.7 Å². The van der Waals surface area contributed by atoms with Crippen molar-refractivity contribution in [1.29, 1.82) is 0 Å². The molecule has 0 spiro atoms. The molecule has 1 unspecified atom stereocenters. The van der Waals surface area contributed by atoms with Crippen LogP contribution in [0.4, 0.5) is 5.69 Å². The summed E-state index contributed by atoms with van der Waals surface area (Å²) in [5, 5.41) is 14.5. The van der Waals surface area contributed by atoms with Gasteiger partial charge in [0.25, 0.3) is 0 Å². The van der Waals surface area contributed by atoms with Crippen molar-refractivity contribution in [2.45, 2.75) is 25.7 Å². The number of carbonyl (C=O) groups excluding carboxylic acids is 2. The Labute approximate surface area is 261 Å². The fraction of sp³-hybridized carbons (Fsp3) is 0.314. The maximum Gasteiger partial charge on any atom is 0.238 e. The van der Waals surface area contributed by atoms with Gasteiger partial charge in [0.15, 0.2) is 5.78 Å². The van der Waals surface area contributed by atoms with Crippen LogP contribution in [-0.4, -0.2) is 83.6 Å². The average Bonchev–Trinajstić information content (AvgIpc) is 3.45. The second-order valence-electron chi connectivity index (χ2n) is 11.6. The number of allylic oxidation sites excluding steroid dienone is 2. The molecule has 1 aliphatic carbocycles. The molecule has 8 nitrogen and oxygen atoms in total. The minimum atomic E-state index is -0.0579. The Morgan fingerprint density at radius 3 is 2.52 bits per heavy atom. The van der Waals surface area contributed by atoms with Crippen molar-refractivity contribution in [2.24, 2.45) is 4.99 Å². The Bertz CT molecular complexity index is 1690. The number of carbonyl (C=O) groups is 2. The van der Waals surface area contributed by atoms with Gasteiger partial charge in [-0.1, -0.05) is 36.4 Å². The lowest BCUT2D eigenvalue weighted by Crippen LogP contribution is -2.49. The number of thiazole rings is 1. The van der Waals surface area contributed by atoms with E-state index in [0.717, 1.165) is 60.1 Å². The van der Waals surface area contributed by atoms with E-state index in [-0.39, 0.29) is 23.4 Å². The number of aliphatic hydroxyl groups is 1. The number of hydrogen-bond donors (Lipinski definition) is 2. The molecule has 2 heterocycles. The summed E-state index contributed by atoms with van der Waals surface area (Å²) in [6.07, 6.45) is 2.40. The largest absolute Gasteiger partial charge is 0.511 e. The molecule has 4 aromatic rings. The first-order valence-electron chi connectivity index (χ1n) is 15.1. The van der Waals surface area contributed by atoms with Gasteiger partial charge in [-0.05, 0) is 60.4 Å². The van der Waals surface area contributed by atoms with E-state index in [1.54, 1.807) is 17.6 Å². The molecular weight excluding hydrogens is 570 g/mol. The quantitative estimate of drug-likeness (QED) is 0.232. The standard InChI is InChI=1S/C35H37N5O3S/c1-24-7-12-30-33(19-24)44-35(38-30)26-8-10-28(11-9-26)37-34(43)23-40-17-15-39(16-18-40)14-13-36-22-29-31(41)20-27(21-32(29)42)25-5-3-2-4-6-25/h2-12,19,22,27,41H,13-18,20-21,23H2,1H3,(H,37,43). The highest BCUT2D eigenvalue weighted by molar-refractivity contribution is 7.21. The molecule has 6 rings (SSSR count). The smallest absolute Gasteiger partial charge is 0.238 e. The number of fused-ring (bicyclic) bond motifs is 1. The van der Waals surface area contributed by atoms with Crippen LogP contribution in [0.1, 0.15) is 29.9 Å². The normalized spacial score (nSPS) is 18.4. The van der Waals surface area contributed by atoms with E-state index in [1.165, 1.54) is 10.3 Å². The third-order valence-electron chi connectivity index (χ3n) is 8.31. The molecule has 9 heteroatoms. The summed E-state index contributed by atoms with van der Waals surface area (Å²) in [5.74, 6) is 0.0628. The number of Topliss-reactive ketones (excluding diaryl/α,β-unsaturated/α-hetero) is 1. The molecule has 1 amide bonds. The molecule has 0 bridgehead atoms. The first-order valence-corrected chi connectivity index (χ1v) is 16.0. The molecule has 3 aromatic carbocycles. The summed E-state index contributed by atoms with van der Waals surface area (Å²) in [7, 11) is 0. The van der Waals surface area contributed by atoms with Crippen LogP contribution in [0, 0.1) is 6.92 Å². The number of nitrogens with zero attached hydrogens (tertiary/aromatic N) is 4. The van der Waals surface area contributed by atoms with Gasteiger partial charge in [0, 0.05) is 63.0 Å². The van der Waals surface area contributed by atoms with Crippen LogP contribution >= 0.6 is 11.3 Å². The number of aryl methyl sites for hydroxylation is 1. The third-order valence-corrected chi connectivity index (χ3v) is 9.38. The second-order valence-corrected chi connectivity index (χ2v) is 12.6. The fourth-order valence-corrected chi connectivity index (χ4v) is 6.87. The van der Waals surface area contributed by atoms with E-state index in [0.29, 0.717) is 31.5 Å². The number of benzene rings is 3. The molecular formula is C35H37N5O3S. The third kappa shape index (κ3) is 7.30. The van der Waals surface area contributed by atoms with E-state index in [2.05, 4.69) is 45.2 Å². The van der Waals surface area contributed by atoms with Gasteiger partial charge in [-0.25, -0.2) is 4.98 Å². The molecule has 2 N–H and O–H groups in total. The van der Waals surface area contributed by atoms with Crippen LogP contribution in [0.25, 0.3) is 20.8 Å². The van der Waals surface area contributed by atoms with Gasteiger partial charge in [0.1, 0.15) is 10.8 Å². The number of anilines is 1. The van der Waals surface area contributed by atoms with Gasteiger partial charge in [-0.3, -0.25) is 24.4 Å². The number of amides is 1. The van der Waals surface area contributed by atoms with E-state index in [9.17, 15) is 14.7 Å². The average molecular weight is 608 g/mol. The SMILES string of the molecule is Cc1ccc2nc(-c3ccc(NC(=O)CN4CCN(CCN=CC5=C(O)CC(c6ccccc6)CC5=O)CC4)cc3)sc2c1. The topological polar surface area (TPSA) is 98.1 Å². The Kier molecular flexibility index (Phi) is 9.26. The van der Waals surface area contributed by atoms with Crippen LogP contribution < -0.4 is 5.32 Å². The van der Waals surface area contributed by atoms with E-state index >= 15 is 0 Å². The van der Waals surface area contributed by atoms with E-state index in [4.69, 9.17) is 4.98 Å². The van der Waals surface area contributed by atoms with Crippen molar-refractivity contribution in [3.8, 4) is 10.6 Å². The summed E-state index contributed by atoms with van der Waals surface area (Å²) < 4.78 is 1.18. The van der Waals surface area contributed by atoms with Gasteiger partial charge in [-0.2, -0.15) is 0 Å². The summed E-state index contributed by atoms with van der Waals surface area (Å²) >= 11 is 1.68. The van der Waals surface area contributed by atoms with Crippen molar-refractivity contribution in [3.05, 3.63) is 95.3 Å². The highest BCUT2D eigenvalue weighted by Gasteiger charge is 2.27. The van der Waals surface area contributed by atoms with Crippen LogP contribution in [0.5, 0.6) is 0 Å². The zero-order valence-electron chi connectivity index (χ0n) is 24.9. The van der Waals surface area contributed by atoms with Gasteiger partial charge < -0.3 is 10.4 Å². The van der Waals surface area contributed by atoms with Gasteiger partial charge in [0.2, 0.25) is 5.91 Å². The highest BCUT2D eigenvalue weighted by atomic mass is 32.1. The summed E-state index contributed by atoms with van der Waals surface area (Å²) in [6, 6.07) is 24.0. The van der Waals surface area contributed by atoms with Crippen LogP contribution in [0.3, 0.4) is 0 Å². The summed E-state index contributed by atoms with van der Waals surface area (Å²) in [6.45, 7) is 7.07. The molecule has 1 aromatic heterocycles. The van der Waals surface area contributed by atoms with E-state index in [1.807, 2.05) is 54.6 Å². The van der Waals surface area contributed by atoms with Gasteiger partial charge in [0.05, 0.1) is 28.9 Å². The lowest BCUT2D eigenvalue weighted by atomic mass is 9.83. The lowest BCUT2D eigenvalue weighted by Gasteiger charge is -2.33. The Morgan fingerprint density at radius 1 is 1.02 bits per heavy atom. The number of aliphatic imine (C=N–C) groups is 1. The molecule has 2 aliphatic rings. The van der Waals surface area contributed by atoms with E-state index < -0.39 is 0 Å². The number of nitrogens with one attached hydrogen (secondary N) is 1. The molecule has 1 fully saturated rings. The van der Waals surface area contributed by atoms with Gasteiger partial charge >= 0.3 is 0 Å². The number of aromatic nitrogens is 1. The van der Waals surface area contributed by atoms with Gasteiger partial charge in [-0.15, -0.1) is 11.3 Å². The maximum atomic E-state index is 12.7. The van der Waals surface area contributed by atoms with Crippen LogP contribution in [0.2, 0.25) is 0 Å². The predicted molar refractivity (Wildman–Crippen MR) is 178 cm³/mol. The van der Waals surface area contributed by atoms with Crippen LogP contribution in [-0.2, 0) is 9.59 Å². The molecule has 44 heavy (non-hydrogen) atoms. The van der Waals surface area contributed by atoms with Crippen molar-refractivity contribution in [2.75, 3.05) is 51.1 Å². The first-order chi connectivity index (χ1) is 21.4. The minimum absolute atomic E-state index is 0.0134. The number of ketones is 1. The molecule has 1 aliphatic heterocycles. The monoisotopic (exact) mass is 607 g/mol. The molecule has 0 saturated carbocycles. The Balaban J connectivity index is 0.917. The number of rotatable bonds is 9. The Morgan fingerprint density at radius 2 is 1.77 bits per heavy atom. The zero-order chi connectivity index (χ0) is 30.5. The second kappa shape index (κ2) is 13.6. The molecule has 226 valence electrons. The number of piperazine rings is 1. The van der Waals surface area contributed by atoms with Crippen LogP contribution in [0.15, 0.2) is 89.1 Å². The van der Waals surface area contributed by atoms with Crippen molar-refractivity contribution in [3.63, 3.8) is 0 Å². The molecule has 1 saturated heterocycles. The Hall–Kier alpha value is -4.18.